The number of phenolic OH excluding ortho intramolecular Hbond substituents is 1. The summed E-state index contributed by atoms with van der Waals surface area (Å²) in [7, 11) is 0. The third-order valence-electron chi connectivity index (χ3n) is 6.64. The number of phenols is 1. The van der Waals surface area contributed by atoms with Crippen molar-refractivity contribution in [3.05, 3.63) is 98.9 Å². The molecule has 1 fully saturated rings. The van der Waals surface area contributed by atoms with E-state index in [9.17, 15) is 9.90 Å². The highest BCUT2D eigenvalue weighted by atomic mass is 35.5. The highest BCUT2D eigenvalue weighted by Crippen LogP contribution is 2.33. The molecule has 4 aromatic rings. The lowest BCUT2D eigenvalue weighted by Gasteiger charge is -2.34. The van der Waals surface area contributed by atoms with E-state index >= 15 is 0 Å². The Kier molecular flexibility index (Phi) is 6.42. The van der Waals surface area contributed by atoms with Crippen molar-refractivity contribution in [1.82, 2.24) is 9.80 Å². The van der Waals surface area contributed by atoms with Gasteiger partial charge in [-0.1, -0.05) is 54.1 Å². The molecule has 34 heavy (non-hydrogen) atoms. The predicted octanol–water partition coefficient (Wildman–Crippen LogP) is 5.45. The minimum Gasteiger partial charge on any atom is -0.507 e. The van der Waals surface area contributed by atoms with E-state index in [4.69, 9.17) is 16.0 Å². The molecule has 5 nitrogen and oxygen atoms in total. The van der Waals surface area contributed by atoms with Crippen LogP contribution >= 0.6 is 11.6 Å². The van der Waals surface area contributed by atoms with Crippen molar-refractivity contribution in [3.63, 3.8) is 0 Å². The van der Waals surface area contributed by atoms with Gasteiger partial charge in [0, 0.05) is 49.7 Å². The van der Waals surface area contributed by atoms with Crippen LogP contribution in [0.5, 0.6) is 5.75 Å². The molecule has 0 spiro atoms. The number of nitrogens with zero attached hydrogens (tertiary/aromatic N) is 2. The van der Waals surface area contributed by atoms with E-state index in [0.29, 0.717) is 28.3 Å². The average molecular weight is 475 g/mol. The number of piperazine rings is 1. The van der Waals surface area contributed by atoms with Crippen LogP contribution in [0.4, 0.5) is 0 Å². The van der Waals surface area contributed by atoms with Crippen molar-refractivity contribution in [2.24, 2.45) is 0 Å². The molecule has 0 bridgehead atoms. The fourth-order valence-electron chi connectivity index (χ4n) is 4.74. The number of benzene rings is 3. The molecule has 5 rings (SSSR count). The number of hydrogen-bond donors (Lipinski definition) is 1. The van der Waals surface area contributed by atoms with Gasteiger partial charge in [0.05, 0.1) is 11.1 Å². The summed E-state index contributed by atoms with van der Waals surface area (Å²) >= 11 is 6.02. The molecular formula is C28H27ClN2O3. The SMILES string of the molecule is Cc1c(-c2ccc(Cl)cc2)c(=O)oc2c(CN3CCN(Cc4ccccc4)CC3)c(O)ccc12. The molecule has 0 aliphatic carbocycles. The van der Waals surface area contributed by atoms with Gasteiger partial charge in [0.25, 0.3) is 0 Å². The van der Waals surface area contributed by atoms with Gasteiger partial charge in [-0.15, -0.1) is 0 Å². The van der Waals surface area contributed by atoms with Crippen molar-refractivity contribution in [1.29, 1.82) is 0 Å². The second-order valence-corrected chi connectivity index (χ2v) is 9.31. The molecule has 1 N–H and O–H groups in total. The van der Waals surface area contributed by atoms with Gasteiger partial charge < -0.3 is 9.52 Å². The van der Waals surface area contributed by atoms with Crippen molar-refractivity contribution >= 4 is 22.6 Å². The van der Waals surface area contributed by atoms with Crippen LogP contribution in [-0.4, -0.2) is 41.1 Å². The Morgan fingerprint density at radius 3 is 2.21 bits per heavy atom. The Labute approximate surface area is 203 Å². The first-order chi connectivity index (χ1) is 16.5. The molecule has 0 saturated carbocycles. The van der Waals surface area contributed by atoms with Crippen molar-refractivity contribution in [2.75, 3.05) is 26.2 Å². The smallest absolute Gasteiger partial charge is 0.344 e. The van der Waals surface area contributed by atoms with Crippen LogP contribution in [0.15, 0.2) is 75.9 Å². The summed E-state index contributed by atoms with van der Waals surface area (Å²) in [5, 5.41) is 12.1. The van der Waals surface area contributed by atoms with Crippen LogP contribution in [0.1, 0.15) is 16.7 Å². The highest BCUT2D eigenvalue weighted by molar-refractivity contribution is 6.30. The third-order valence-corrected chi connectivity index (χ3v) is 6.89. The molecule has 0 atom stereocenters. The molecule has 3 aromatic carbocycles. The van der Waals surface area contributed by atoms with E-state index in [2.05, 4.69) is 34.1 Å². The topological polar surface area (TPSA) is 56.9 Å². The Bertz CT molecular complexity index is 1360. The number of fused-ring (bicyclic) bond motifs is 1. The molecule has 1 aliphatic rings. The fourth-order valence-corrected chi connectivity index (χ4v) is 4.86. The van der Waals surface area contributed by atoms with Gasteiger partial charge in [-0.25, -0.2) is 4.79 Å². The zero-order valence-corrected chi connectivity index (χ0v) is 19.9. The summed E-state index contributed by atoms with van der Waals surface area (Å²) in [5.74, 6) is 0.154. The minimum absolute atomic E-state index is 0.154. The Morgan fingerprint density at radius 2 is 1.53 bits per heavy atom. The van der Waals surface area contributed by atoms with E-state index < -0.39 is 5.63 Å². The van der Waals surface area contributed by atoms with Crippen LogP contribution in [0, 0.1) is 6.92 Å². The van der Waals surface area contributed by atoms with Crippen LogP contribution in [0.3, 0.4) is 0 Å². The molecule has 0 radical (unpaired) electrons. The minimum atomic E-state index is -0.410. The molecule has 1 aliphatic heterocycles. The summed E-state index contributed by atoms with van der Waals surface area (Å²) in [4.78, 5) is 17.8. The molecule has 1 saturated heterocycles. The lowest BCUT2D eigenvalue weighted by atomic mass is 9.98. The Balaban J connectivity index is 1.39. The van der Waals surface area contributed by atoms with E-state index in [1.807, 2.05) is 31.2 Å². The first-order valence-corrected chi connectivity index (χ1v) is 11.9. The summed E-state index contributed by atoms with van der Waals surface area (Å²) in [6.07, 6.45) is 0. The van der Waals surface area contributed by atoms with E-state index in [-0.39, 0.29) is 5.75 Å². The van der Waals surface area contributed by atoms with Crippen LogP contribution in [-0.2, 0) is 13.1 Å². The summed E-state index contributed by atoms with van der Waals surface area (Å²) < 4.78 is 5.83. The maximum atomic E-state index is 13.0. The lowest BCUT2D eigenvalue weighted by Crippen LogP contribution is -2.45. The molecule has 1 aromatic heterocycles. The number of aromatic hydroxyl groups is 1. The molecular weight excluding hydrogens is 448 g/mol. The lowest BCUT2D eigenvalue weighted by molar-refractivity contribution is 0.121. The van der Waals surface area contributed by atoms with Gasteiger partial charge in [-0.3, -0.25) is 9.80 Å². The standard InChI is InChI=1S/C28H27ClN2O3/c1-19-23-11-12-25(32)24(27(23)34-28(33)26(19)21-7-9-22(29)10-8-21)18-31-15-13-30(14-16-31)17-20-5-3-2-4-6-20/h2-12,32H,13-18H2,1H3. The summed E-state index contributed by atoms with van der Waals surface area (Å²) in [6, 6.07) is 21.2. The van der Waals surface area contributed by atoms with Gasteiger partial charge in [0.2, 0.25) is 0 Å². The summed E-state index contributed by atoms with van der Waals surface area (Å²) in [6.45, 7) is 7.06. The van der Waals surface area contributed by atoms with Gasteiger partial charge >= 0.3 is 5.63 Å². The fraction of sp³-hybridized carbons (Fsp3) is 0.250. The average Bonchev–Trinajstić information content (AvgIpc) is 2.84. The molecule has 2 heterocycles. The highest BCUT2D eigenvalue weighted by Gasteiger charge is 2.22. The largest absolute Gasteiger partial charge is 0.507 e. The number of halogens is 1. The first kappa shape index (κ1) is 22.7. The van der Waals surface area contributed by atoms with Gasteiger partial charge in [0.1, 0.15) is 11.3 Å². The van der Waals surface area contributed by atoms with Crippen molar-refractivity contribution in [2.45, 2.75) is 20.0 Å². The van der Waals surface area contributed by atoms with E-state index in [1.54, 1.807) is 18.2 Å². The van der Waals surface area contributed by atoms with Crippen LogP contribution in [0.2, 0.25) is 5.02 Å². The Hall–Kier alpha value is -3.12. The van der Waals surface area contributed by atoms with E-state index in [0.717, 1.165) is 49.2 Å². The quantitative estimate of drug-likeness (QED) is 0.390. The number of hydrogen-bond acceptors (Lipinski definition) is 5. The maximum absolute atomic E-state index is 13.0. The summed E-state index contributed by atoms with van der Waals surface area (Å²) in [5.41, 5.74) is 4.16. The van der Waals surface area contributed by atoms with Crippen molar-refractivity contribution in [3.8, 4) is 16.9 Å². The zero-order valence-electron chi connectivity index (χ0n) is 19.1. The molecule has 0 unspecified atom stereocenters. The predicted molar refractivity (Wildman–Crippen MR) is 136 cm³/mol. The molecule has 174 valence electrons. The van der Waals surface area contributed by atoms with E-state index in [1.165, 1.54) is 5.56 Å². The molecule has 6 heteroatoms. The number of rotatable bonds is 5. The first-order valence-electron chi connectivity index (χ1n) is 11.5. The third kappa shape index (κ3) is 4.60. The maximum Gasteiger partial charge on any atom is 0.344 e. The van der Waals surface area contributed by atoms with Gasteiger partial charge in [0.15, 0.2) is 0 Å². The molecule has 0 amide bonds. The zero-order chi connectivity index (χ0) is 23.7. The normalized spacial score (nSPS) is 15.1. The Morgan fingerprint density at radius 1 is 0.882 bits per heavy atom. The van der Waals surface area contributed by atoms with Crippen molar-refractivity contribution < 1.29 is 9.52 Å². The van der Waals surface area contributed by atoms with Crippen LogP contribution < -0.4 is 5.63 Å². The van der Waals surface area contributed by atoms with Crippen LogP contribution in [0.25, 0.3) is 22.1 Å². The second-order valence-electron chi connectivity index (χ2n) is 8.87. The van der Waals surface area contributed by atoms with Gasteiger partial charge in [-0.05, 0) is 47.9 Å². The second kappa shape index (κ2) is 9.63. The number of aryl methyl sites for hydroxylation is 1. The monoisotopic (exact) mass is 474 g/mol. The van der Waals surface area contributed by atoms with Gasteiger partial charge in [-0.2, -0.15) is 0 Å².